The van der Waals surface area contributed by atoms with Crippen LogP contribution in [0.3, 0.4) is 0 Å². The molecule has 1 nitrogen and oxygen atoms in total. The molecule has 0 unspecified atom stereocenters. The van der Waals surface area contributed by atoms with Crippen LogP contribution in [0.1, 0.15) is 26.7 Å². The van der Waals surface area contributed by atoms with E-state index >= 15 is 0 Å². The lowest BCUT2D eigenvalue weighted by molar-refractivity contribution is 0.194. The first kappa shape index (κ1) is 11.5. The first-order valence-electron chi connectivity index (χ1n) is 4.84. The van der Waals surface area contributed by atoms with Gasteiger partial charge in [0.1, 0.15) is 0 Å². The van der Waals surface area contributed by atoms with Crippen molar-refractivity contribution in [2.75, 3.05) is 13.7 Å². The van der Waals surface area contributed by atoms with Crippen LogP contribution in [0.4, 0.5) is 0 Å². The zero-order chi connectivity index (χ0) is 8.53. The normalized spacial score (nSPS) is 10.1. The van der Waals surface area contributed by atoms with Crippen LogP contribution in [0.15, 0.2) is 0 Å². The molecule has 0 atom stereocenters. The molecule has 0 saturated heterocycles. The van der Waals surface area contributed by atoms with Gasteiger partial charge in [-0.25, -0.2) is 0 Å². The summed E-state index contributed by atoms with van der Waals surface area (Å²) in [5.74, 6) is 0. The Balaban J connectivity index is 3.07. The van der Waals surface area contributed by atoms with Crippen LogP contribution in [-0.4, -0.2) is 27.9 Å². The van der Waals surface area contributed by atoms with Crippen molar-refractivity contribution in [1.82, 2.24) is 0 Å². The van der Waals surface area contributed by atoms with Gasteiger partial charge < -0.3 is 4.74 Å². The summed E-state index contributed by atoms with van der Waals surface area (Å²) in [4.78, 5) is 0. The van der Waals surface area contributed by atoms with Crippen LogP contribution in [0, 0.1) is 0 Å². The van der Waals surface area contributed by atoms with Crippen LogP contribution >= 0.6 is 0 Å². The molecule has 0 aromatic rings. The van der Waals surface area contributed by atoms with E-state index in [4.69, 9.17) is 4.74 Å². The van der Waals surface area contributed by atoms with Crippen molar-refractivity contribution in [3.05, 3.63) is 0 Å². The average molecular weight is 172 g/mol. The minimum Gasteiger partial charge on any atom is -0.385 e. The average Bonchev–Trinajstić information content (AvgIpc) is 2.05. The van der Waals surface area contributed by atoms with Gasteiger partial charge in [0, 0.05) is 13.7 Å². The van der Waals surface area contributed by atoms with E-state index in [9.17, 15) is 0 Å². The molecule has 0 rings (SSSR count). The van der Waals surface area contributed by atoms with Gasteiger partial charge in [0.25, 0.3) is 14.1 Å². The fourth-order valence-electron chi connectivity index (χ4n) is 1.38. The number of hydrogen-bond donors (Lipinski definition) is 0. The van der Waals surface area contributed by atoms with E-state index in [2.05, 4.69) is 13.8 Å². The van der Waals surface area contributed by atoms with Crippen molar-refractivity contribution in [2.45, 2.75) is 42.5 Å². The number of rotatable bonds is 7. The lowest BCUT2D eigenvalue weighted by Gasteiger charge is -2.04. The van der Waals surface area contributed by atoms with Gasteiger partial charge in [0.05, 0.1) is 0 Å². The van der Waals surface area contributed by atoms with Gasteiger partial charge in [0.15, 0.2) is 0 Å². The van der Waals surface area contributed by atoms with Gasteiger partial charge in [-0.3, -0.25) is 0 Å². The Labute approximate surface area is 75.5 Å². The molecule has 0 aliphatic heterocycles. The fraction of sp³-hybridized carbons (Fsp3) is 1.00. The molecule has 0 heterocycles. The summed E-state index contributed by atoms with van der Waals surface area (Å²) < 4.78 is 5.01. The predicted molar refractivity (Wildman–Crippen MR) is 52.6 cm³/mol. The largest absolute Gasteiger partial charge is 0.385 e. The van der Waals surface area contributed by atoms with E-state index in [1.165, 1.54) is 28.7 Å². The quantitative estimate of drug-likeness (QED) is 0.424. The van der Waals surface area contributed by atoms with Crippen LogP contribution in [-0.2, 0) is 4.74 Å². The summed E-state index contributed by atoms with van der Waals surface area (Å²) in [6.45, 7) is 5.64. The molecule has 0 aromatic carbocycles. The fourth-order valence-corrected chi connectivity index (χ4v) is 3.64. The zero-order valence-corrected chi connectivity index (χ0v) is 9.38. The Hall–Kier alpha value is 0.492. The molecule has 0 N–H and O–H groups in total. The number of unbranched alkanes of at least 4 members (excludes halogenated alkanes) is 1. The van der Waals surface area contributed by atoms with Crippen molar-refractivity contribution in [3.63, 3.8) is 0 Å². The van der Waals surface area contributed by atoms with Gasteiger partial charge in [-0.1, -0.05) is 36.1 Å². The van der Waals surface area contributed by atoms with Crippen molar-refractivity contribution >= 4 is 14.1 Å². The molecular weight excluding hydrogens is 151 g/mol. The van der Waals surface area contributed by atoms with E-state index in [0.717, 1.165) is 6.61 Å². The second-order valence-corrected chi connectivity index (χ2v) is 7.11. The highest BCUT2D eigenvalue weighted by molar-refractivity contribution is 6.58. The first-order chi connectivity index (χ1) is 5.35. The molecule has 0 fully saturated rings. The Morgan fingerprint density at radius 3 is 2.18 bits per heavy atom. The Morgan fingerprint density at radius 1 is 1.09 bits per heavy atom. The Bertz CT molecular complexity index is 72.0. The van der Waals surface area contributed by atoms with E-state index in [1.807, 2.05) is 0 Å². The summed E-state index contributed by atoms with van der Waals surface area (Å²) >= 11 is -0.290. The number of hydrogen-bond acceptors (Lipinski definition) is 1. The maximum absolute atomic E-state index is 5.01. The molecule has 66 valence electrons. The summed E-state index contributed by atoms with van der Waals surface area (Å²) in [7, 11) is 1.79. The Kier molecular flexibility index (Phi) is 8.97. The van der Waals surface area contributed by atoms with Gasteiger partial charge >= 0.3 is 0 Å². The molecule has 0 aromatic heterocycles. The topological polar surface area (TPSA) is 9.23 Å². The molecule has 0 amide bonds. The summed E-state index contributed by atoms with van der Waals surface area (Å²) in [5, 5.41) is 4.48. The minimum absolute atomic E-state index is 0.290. The Morgan fingerprint density at radius 2 is 1.73 bits per heavy atom. The standard InChI is InChI=1S/C5H11O.2C2H5.Al/c1-3-4-5-6-2;2*1-2;/h1,3-5H2,2H3;2*1H2,2H3;. The second-order valence-electron chi connectivity index (χ2n) is 3.17. The third kappa shape index (κ3) is 6.87. The van der Waals surface area contributed by atoms with Gasteiger partial charge in [-0.2, -0.15) is 0 Å². The highest BCUT2D eigenvalue weighted by Crippen LogP contribution is 2.08. The zero-order valence-electron chi connectivity index (χ0n) is 8.23. The summed E-state index contributed by atoms with van der Waals surface area (Å²) in [6.07, 6.45) is 2.66. The summed E-state index contributed by atoms with van der Waals surface area (Å²) in [5.41, 5.74) is 0. The maximum atomic E-state index is 5.01. The highest BCUT2D eigenvalue weighted by Gasteiger charge is 2.09. The SMILES string of the molecule is C[CH2][Al]([CH2]C)[CH2]CCCOC. The molecule has 0 saturated carbocycles. The van der Waals surface area contributed by atoms with Crippen LogP contribution in [0.5, 0.6) is 0 Å². The lowest BCUT2D eigenvalue weighted by Crippen LogP contribution is -2.08. The monoisotopic (exact) mass is 172 g/mol. The predicted octanol–water partition coefficient (Wildman–Crippen LogP) is 2.95. The molecule has 0 aliphatic carbocycles. The molecular formula is C9H21AlO. The minimum atomic E-state index is -0.290. The molecule has 2 heteroatoms. The molecule has 0 spiro atoms. The van der Waals surface area contributed by atoms with Crippen LogP contribution in [0.25, 0.3) is 0 Å². The lowest BCUT2D eigenvalue weighted by atomic mass is 10.4. The van der Waals surface area contributed by atoms with Crippen LogP contribution < -0.4 is 0 Å². The van der Waals surface area contributed by atoms with Gasteiger partial charge in [-0.05, 0) is 6.42 Å². The maximum Gasteiger partial charge on any atom is 0.261 e. The van der Waals surface area contributed by atoms with Crippen molar-refractivity contribution < 1.29 is 4.74 Å². The van der Waals surface area contributed by atoms with Crippen molar-refractivity contribution in [3.8, 4) is 0 Å². The first-order valence-corrected chi connectivity index (χ1v) is 7.29. The smallest absolute Gasteiger partial charge is 0.261 e. The molecule has 11 heavy (non-hydrogen) atoms. The van der Waals surface area contributed by atoms with E-state index < -0.39 is 0 Å². The third-order valence-corrected chi connectivity index (χ3v) is 5.90. The van der Waals surface area contributed by atoms with Gasteiger partial charge in [-0.15, -0.1) is 0 Å². The molecule has 0 radical (unpaired) electrons. The van der Waals surface area contributed by atoms with Gasteiger partial charge in [0.2, 0.25) is 0 Å². The number of ether oxygens (including phenoxy) is 1. The molecule has 0 aliphatic rings. The van der Waals surface area contributed by atoms with Crippen LogP contribution in [0.2, 0.25) is 15.8 Å². The van der Waals surface area contributed by atoms with E-state index in [-0.39, 0.29) is 14.1 Å². The van der Waals surface area contributed by atoms with Crippen molar-refractivity contribution in [1.29, 1.82) is 0 Å². The summed E-state index contributed by atoms with van der Waals surface area (Å²) in [6, 6.07) is 0. The second kappa shape index (κ2) is 8.59. The molecule has 0 bridgehead atoms. The van der Waals surface area contributed by atoms with Crippen molar-refractivity contribution in [2.24, 2.45) is 0 Å². The highest BCUT2D eigenvalue weighted by atomic mass is 27.2. The number of methoxy groups -OCH3 is 1. The van der Waals surface area contributed by atoms with E-state index in [1.54, 1.807) is 7.11 Å². The van der Waals surface area contributed by atoms with E-state index in [0.29, 0.717) is 0 Å². The third-order valence-electron chi connectivity index (χ3n) is 2.37.